The van der Waals surface area contributed by atoms with E-state index in [2.05, 4.69) is 30.7 Å². The molecule has 78 valence electrons. The maximum atomic E-state index is 5.61. The molecule has 1 aromatic heterocycles. The topological polar surface area (TPSA) is 51.8 Å². The molecule has 3 heteroatoms. The Morgan fingerprint density at radius 3 is 2.43 bits per heavy atom. The molecule has 0 aliphatic rings. The van der Waals surface area contributed by atoms with Crippen LogP contribution in [-0.2, 0) is 12.8 Å². The summed E-state index contributed by atoms with van der Waals surface area (Å²) in [5.41, 5.74) is 9.02. The van der Waals surface area contributed by atoms with Crippen LogP contribution >= 0.6 is 0 Å². The van der Waals surface area contributed by atoms with Crippen molar-refractivity contribution in [3.05, 3.63) is 17.0 Å². The van der Waals surface area contributed by atoms with Gasteiger partial charge in [-0.15, -0.1) is 0 Å². The lowest BCUT2D eigenvalue weighted by Gasteiger charge is -2.12. The average Bonchev–Trinajstić information content (AvgIpc) is 2.08. The summed E-state index contributed by atoms with van der Waals surface area (Å²) in [6, 6.07) is 0. The number of rotatable bonds is 3. The zero-order valence-electron chi connectivity index (χ0n) is 9.46. The molecule has 14 heavy (non-hydrogen) atoms. The molecule has 0 saturated carbocycles. The van der Waals surface area contributed by atoms with E-state index in [1.165, 1.54) is 5.56 Å². The molecule has 2 N–H and O–H groups in total. The Hall–Kier alpha value is -1.12. The van der Waals surface area contributed by atoms with Crippen LogP contribution in [0, 0.1) is 12.8 Å². The van der Waals surface area contributed by atoms with Crippen LogP contribution in [0.4, 0.5) is 5.95 Å². The van der Waals surface area contributed by atoms with E-state index in [1.54, 1.807) is 0 Å². The van der Waals surface area contributed by atoms with Crippen LogP contribution in [0.15, 0.2) is 0 Å². The maximum absolute atomic E-state index is 5.61. The van der Waals surface area contributed by atoms with Crippen LogP contribution in [0.1, 0.15) is 37.7 Å². The summed E-state index contributed by atoms with van der Waals surface area (Å²) in [7, 11) is 0. The van der Waals surface area contributed by atoms with Crippen LogP contribution in [0.5, 0.6) is 0 Å². The molecule has 0 saturated heterocycles. The Morgan fingerprint density at radius 1 is 1.29 bits per heavy atom. The molecule has 0 fully saturated rings. The molecule has 0 aliphatic carbocycles. The van der Waals surface area contributed by atoms with Crippen molar-refractivity contribution in [2.24, 2.45) is 5.92 Å². The van der Waals surface area contributed by atoms with E-state index < -0.39 is 0 Å². The molecule has 0 amide bonds. The van der Waals surface area contributed by atoms with Gasteiger partial charge in [-0.2, -0.15) is 0 Å². The summed E-state index contributed by atoms with van der Waals surface area (Å²) in [5, 5.41) is 0. The van der Waals surface area contributed by atoms with E-state index in [9.17, 15) is 0 Å². The number of nitrogens with zero attached hydrogens (tertiary/aromatic N) is 2. The third kappa shape index (κ3) is 2.44. The number of hydrogen-bond donors (Lipinski definition) is 1. The number of nitrogen functional groups attached to an aromatic ring is 1. The van der Waals surface area contributed by atoms with Crippen LogP contribution in [0.25, 0.3) is 0 Å². The first-order valence-corrected chi connectivity index (χ1v) is 5.16. The highest BCUT2D eigenvalue weighted by molar-refractivity contribution is 5.31. The second kappa shape index (κ2) is 4.40. The van der Waals surface area contributed by atoms with E-state index >= 15 is 0 Å². The number of hydrogen-bond acceptors (Lipinski definition) is 3. The predicted octanol–water partition coefficient (Wildman–Crippen LogP) is 2.13. The lowest BCUT2D eigenvalue weighted by molar-refractivity contribution is 0.634. The van der Waals surface area contributed by atoms with Crippen molar-refractivity contribution >= 4 is 5.95 Å². The minimum absolute atomic E-state index is 0.395. The zero-order valence-corrected chi connectivity index (χ0v) is 9.46. The molecule has 0 atom stereocenters. The quantitative estimate of drug-likeness (QED) is 0.800. The van der Waals surface area contributed by atoms with Crippen LogP contribution in [0.3, 0.4) is 0 Å². The Kier molecular flexibility index (Phi) is 3.44. The third-order valence-corrected chi connectivity index (χ3v) is 2.26. The molecule has 3 nitrogen and oxygen atoms in total. The molecule has 1 rings (SSSR count). The van der Waals surface area contributed by atoms with E-state index in [0.29, 0.717) is 11.9 Å². The summed E-state index contributed by atoms with van der Waals surface area (Å²) >= 11 is 0. The summed E-state index contributed by atoms with van der Waals surface area (Å²) in [5.74, 6) is 1.03. The normalized spacial score (nSPS) is 10.9. The largest absolute Gasteiger partial charge is 0.368 e. The molecule has 0 radical (unpaired) electrons. The molecular weight excluding hydrogens is 174 g/mol. The van der Waals surface area contributed by atoms with E-state index in [0.717, 1.165) is 24.2 Å². The van der Waals surface area contributed by atoms with Gasteiger partial charge >= 0.3 is 0 Å². The number of anilines is 1. The molecule has 0 bridgehead atoms. The fourth-order valence-electron chi connectivity index (χ4n) is 1.65. The van der Waals surface area contributed by atoms with Gasteiger partial charge in [0.15, 0.2) is 0 Å². The van der Waals surface area contributed by atoms with Crippen molar-refractivity contribution in [3.8, 4) is 0 Å². The van der Waals surface area contributed by atoms with Crippen LogP contribution in [-0.4, -0.2) is 9.97 Å². The van der Waals surface area contributed by atoms with Gasteiger partial charge in [0.2, 0.25) is 5.95 Å². The first kappa shape index (κ1) is 11.0. The summed E-state index contributed by atoms with van der Waals surface area (Å²) < 4.78 is 0. The highest BCUT2D eigenvalue weighted by atomic mass is 15.0. The molecule has 1 heterocycles. The van der Waals surface area contributed by atoms with Gasteiger partial charge in [0.1, 0.15) is 0 Å². The Bertz CT molecular complexity index is 319. The highest BCUT2D eigenvalue weighted by Gasteiger charge is 2.10. The molecule has 0 unspecified atom stereocenters. The lowest BCUT2D eigenvalue weighted by Crippen LogP contribution is -2.09. The monoisotopic (exact) mass is 193 g/mol. The van der Waals surface area contributed by atoms with Crippen LogP contribution < -0.4 is 5.73 Å². The summed E-state index contributed by atoms with van der Waals surface area (Å²) in [6.07, 6.45) is 1.96. The number of aryl methyl sites for hydroxylation is 2. The first-order chi connectivity index (χ1) is 6.54. The minimum atomic E-state index is 0.395. The average molecular weight is 193 g/mol. The maximum Gasteiger partial charge on any atom is 0.220 e. The summed E-state index contributed by atoms with van der Waals surface area (Å²) in [4.78, 5) is 8.47. The molecule has 0 aromatic carbocycles. The SMILES string of the molecule is CCc1nc(N)nc(C)c1CC(C)C. The predicted molar refractivity (Wildman–Crippen MR) is 59.1 cm³/mol. The van der Waals surface area contributed by atoms with Crippen molar-refractivity contribution in [3.63, 3.8) is 0 Å². The van der Waals surface area contributed by atoms with Crippen LogP contribution in [0.2, 0.25) is 0 Å². The fourth-order valence-corrected chi connectivity index (χ4v) is 1.65. The van der Waals surface area contributed by atoms with Crippen molar-refractivity contribution in [2.45, 2.75) is 40.5 Å². The smallest absolute Gasteiger partial charge is 0.220 e. The van der Waals surface area contributed by atoms with Gasteiger partial charge in [-0.1, -0.05) is 20.8 Å². The molecular formula is C11H19N3. The number of aromatic nitrogens is 2. The Balaban J connectivity index is 3.11. The van der Waals surface area contributed by atoms with Gasteiger partial charge in [0.05, 0.1) is 0 Å². The van der Waals surface area contributed by atoms with Crippen molar-refractivity contribution in [2.75, 3.05) is 5.73 Å². The third-order valence-electron chi connectivity index (χ3n) is 2.26. The van der Waals surface area contributed by atoms with Gasteiger partial charge < -0.3 is 5.73 Å². The summed E-state index contributed by atoms with van der Waals surface area (Å²) in [6.45, 7) is 8.52. The minimum Gasteiger partial charge on any atom is -0.368 e. The fraction of sp³-hybridized carbons (Fsp3) is 0.636. The molecule has 0 spiro atoms. The first-order valence-electron chi connectivity index (χ1n) is 5.16. The van der Waals surface area contributed by atoms with E-state index in [-0.39, 0.29) is 0 Å². The van der Waals surface area contributed by atoms with Gasteiger partial charge in [0, 0.05) is 11.4 Å². The lowest BCUT2D eigenvalue weighted by atomic mass is 9.99. The van der Waals surface area contributed by atoms with Gasteiger partial charge in [-0.05, 0) is 31.2 Å². The van der Waals surface area contributed by atoms with Crippen molar-refractivity contribution in [1.82, 2.24) is 9.97 Å². The van der Waals surface area contributed by atoms with E-state index in [1.807, 2.05) is 6.92 Å². The highest BCUT2D eigenvalue weighted by Crippen LogP contribution is 2.16. The van der Waals surface area contributed by atoms with Gasteiger partial charge in [-0.25, -0.2) is 9.97 Å². The zero-order chi connectivity index (χ0) is 10.7. The second-order valence-electron chi connectivity index (χ2n) is 4.04. The van der Waals surface area contributed by atoms with E-state index in [4.69, 9.17) is 5.73 Å². The second-order valence-corrected chi connectivity index (χ2v) is 4.04. The Morgan fingerprint density at radius 2 is 1.93 bits per heavy atom. The molecule has 1 aromatic rings. The van der Waals surface area contributed by atoms with Gasteiger partial charge in [0.25, 0.3) is 0 Å². The number of nitrogens with two attached hydrogens (primary N) is 1. The van der Waals surface area contributed by atoms with Gasteiger partial charge in [-0.3, -0.25) is 0 Å². The molecule has 0 aliphatic heterocycles. The van der Waals surface area contributed by atoms with Crippen molar-refractivity contribution in [1.29, 1.82) is 0 Å². The standard InChI is InChI=1S/C11H19N3/c1-5-10-9(6-7(2)3)8(4)13-11(12)14-10/h7H,5-6H2,1-4H3,(H2,12,13,14). The van der Waals surface area contributed by atoms with Crippen molar-refractivity contribution < 1.29 is 0 Å². The Labute approximate surface area is 85.8 Å².